The van der Waals surface area contributed by atoms with Gasteiger partial charge in [-0.15, -0.1) is 0 Å². The molecule has 1 N–H and O–H groups in total. The average Bonchev–Trinajstić information content (AvgIpc) is 3.03. The summed E-state index contributed by atoms with van der Waals surface area (Å²) in [7, 11) is 0. The summed E-state index contributed by atoms with van der Waals surface area (Å²) in [4.78, 5) is 12.2. The number of hydrogen-bond acceptors (Lipinski definition) is 3. The summed E-state index contributed by atoms with van der Waals surface area (Å²) < 4.78 is 6.41. The monoisotopic (exact) mass is 388 g/mol. The largest absolute Gasteiger partial charge is 0.508 e. The standard InChI is InChI=1S/C20H21BrO3/c1-2-13(12-24-20(23)14-6-8-17(21)9-7-14)18-10-15-4-3-5-16(15)11-19(18)22/h6-11,13,22H,2-5,12H2,1H3/t13-/m1/s1. The number of phenolic OH excluding ortho intramolecular Hbond substituents is 1. The quantitative estimate of drug-likeness (QED) is 0.733. The molecular formula is C20H21BrO3. The van der Waals surface area contributed by atoms with Crippen LogP contribution in [0.25, 0.3) is 0 Å². The summed E-state index contributed by atoms with van der Waals surface area (Å²) in [6.07, 6.45) is 4.06. The van der Waals surface area contributed by atoms with E-state index in [1.807, 2.05) is 25.1 Å². The number of fused-ring (bicyclic) bond motifs is 1. The lowest BCUT2D eigenvalue weighted by Crippen LogP contribution is -2.13. The molecule has 0 radical (unpaired) electrons. The van der Waals surface area contributed by atoms with Gasteiger partial charge >= 0.3 is 5.97 Å². The Morgan fingerprint density at radius 3 is 2.54 bits per heavy atom. The molecule has 1 atom stereocenters. The lowest BCUT2D eigenvalue weighted by atomic mass is 9.93. The van der Waals surface area contributed by atoms with Crippen LogP contribution in [0.15, 0.2) is 40.9 Å². The van der Waals surface area contributed by atoms with Gasteiger partial charge in [-0.05, 0) is 67.1 Å². The van der Waals surface area contributed by atoms with Gasteiger partial charge in [-0.2, -0.15) is 0 Å². The van der Waals surface area contributed by atoms with Crippen molar-refractivity contribution in [1.29, 1.82) is 0 Å². The summed E-state index contributed by atoms with van der Waals surface area (Å²) in [5.74, 6) is -0.000844. The van der Waals surface area contributed by atoms with Crippen LogP contribution in [0.1, 0.15) is 52.7 Å². The number of aromatic hydroxyl groups is 1. The number of rotatable bonds is 5. The molecule has 0 bridgehead atoms. The smallest absolute Gasteiger partial charge is 0.338 e. The number of esters is 1. The molecule has 126 valence electrons. The molecule has 3 rings (SSSR count). The lowest BCUT2D eigenvalue weighted by molar-refractivity contribution is 0.0476. The van der Waals surface area contributed by atoms with Crippen LogP contribution < -0.4 is 0 Å². The predicted molar refractivity (Wildman–Crippen MR) is 97.6 cm³/mol. The number of ether oxygens (including phenoxy) is 1. The summed E-state index contributed by atoms with van der Waals surface area (Å²) in [5.41, 5.74) is 3.99. The Bertz CT molecular complexity index is 737. The Labute approximate surface area is 150 Å². The first kappa shape index (κ1) is 17.0. The van der Waals surface area contributed by atoms with Gasteiger partial charge in [0.15, 0.2) is 0 Å². The van der Waals surface area contributed by atoms with Gasteiger partial charge in [-0.3, -0.25) is 0 Å². The first-order chi connectivity index (χ1) is 11.6. The minimum Gasteiger partial charge on any atom is -0.508 e. The maximum Gasteiger partial charge on any atom is 0.338 e. The summed E-state index contributed by atoms with van der Waals surface area (Å²) in [6.45, 7) is 2.32. The number of hydrogen-bond donors (Lipinski definition) is 1. The summed E-state index contributed by atoms with van der Waals surface area (Å²) in [5, 5.41) is 10.3. The highest BCUT2D eigenvalue weighted by Gasteiger charge is 2.21. The van der Waals surface area contributed by atoms with Crippen molar-refractivity contribution in [3.63, 3.8) is 0 Å². The number of carbonyl (C=O) groups is 1. The van der Waals surface area contributed by atoms with Crippen molar-refractivity contribution < 1.29 is 14.6 Å². The van der Waals surface area contributed by atoms with E-state index in [2.05, 4.69) is 22.0 Å². The van der Waals surface area contributed by atoms with Crippen LogP contribution in [0.3, 0.4) is 0 Å². The normalized spacial score (nSPS) is 14.2. The van der Waals surface area contributed by atoms with Crippen molar-refractivity contribution in [2.24, 2.45) is 0 Å². The molecule has 0 saturated heterocycles. The molecule has 0 heterocycles. The molecule has 2 aromatic carbocycles. The molecule has 2 aromatic rings. The third kappa shape index (κ3) is 3.64. The maximum atomic E-state index is 12.2. The third-order valence-electron chi connectivity index (χ3n) is 4.67. The highest BCUT2D eigenvalue weighted by molar-refractivity contribution is 9.10. The molecule has 0 spiro atoms. The van der Waals surface area contributed by atoms with Crippen LogP contribution >= 0.6 is 15.9 Å². The van der Waals surface area contributed by atoms with Gasteiger partial charge in [-0.1, -0.05) is 28.9 Å². The Hall–Kier alpha value is -1.81. The van der Waals surface area contributed by atoms with Gasteiger partial charge in [0.2, 0.25) is 0 Å². The molecule has 0 aromatic heterocycles. The zero-order valence-corrected chi connectivity index (χ0v) is 15.3. The molecule has 3 nitrogen and oxygen atoms in total. The number of carbonyl (C=O) groups excluding carboxylic acids is 1. The van der Waals surface area contributed by atoms with Crippen LogP contribution in [-0.4, -0.2) is 17.7 Å². The highest BCUT2D eigenvalue weighted by Crippen LogP contribution is 2.35. The Balaban J connectivity index is 1.71. The molecule has 4 heteroatoms. The number of benzene rings is 2. The van der Waals surface area contributed by atoms with Crippen LogP contribution in [-0.2, 0) is 17.6 Å². The fourth-order valence-electron chi connectivity index (χ4n) is 3.23. The van der Waals surface area contributed by atoms with E-state index in [0.29, 0.717) is 11.3 Å². The van der Waals surface area contributed by atoms with E-state index >= 15 is 0 Å². The summed E-state index contributed by atoms with van der Waals surface area (Å²) in [6, 6.07) is 11.1. The highest BCUT2D eigenvalue weighted by atomic mass is 79.9. The second kappa shape index (κ2) is 7.39. The van der Waals surface area contributed by atoms with Crippen LogP contribution in [0, 0.1) is 0 Å². The zero-order valence-electron chi connectivity index (χ0n) is 13.7. The zero-order chi connectivity index (χ0) is 17.1. The molecule has 0 fully saturated rings. The second-order valence-electron chi connectivity index (χ2n) is 6.24. The molecule has 1 aliphatic carbocycles. The van der Waals surface area contributed by atoms with Crippen molar-refractivity contribution in [2.75, 3.05) is 6.61 Å². The third-order valence-corrected chi connectivity index (χ3v) is 5.20. The van der Waals surface area contributed by atoms with Crippen molar-refractivity contribution in [2.45, 2.75) is 38.5 Å². The number of halogens is 1. The Morgan fingerprint density at radius 2 is 1.88 bits per heavy atom. The molecular weight excluding hydrogens is 368 g/mol. The molecule has 1 aliphatic rings. The van der Waals surface area contributed by atoms with Crippen molar-refractivity contribution in [3.8, 4) is 5.75 Å². The van der Waals surface area contributed by atoms with E-state index in [0.717, 1.165) is 35.7 Å². The minimum absolute atomic E-state index is 0.00954. The predicted octanol–water partition coefficient (Wildman–Crippen LogP) is 4.99. The molecule has 0 unspecified atom stereocenters. The Kier molecular flexibility index (Phi) is 5.24. The van der Waals surface area contributed by atoms with Gasteiger partial charge in [0.25, 0.3) is 0 Å². The van der Waals surface area contributed by atoms with Crippen molar-refractivity contribution in [3.05, 3.63) is 63.1 Å². The van der Waals surface area contributed by atoms with Gasteiger partial charge in [-0.25, -0.2) is 4.79 Å². The number of aryl methyl sites for hydroxylation is 2. The molecule has 0 amide bonds. The first-order valence-corrected chi connectivity index (χ1v) is 9.15. The Morgan fingerprint density at radius 1 is 1.21 bits per heavy atom. The molecule has 24 heavy (non-hydrogen) atoms. The van der Waals surface area contributed by atoms with E-state index in [1.165, 1.54) is 11.1 Å². The maximum absolute atomic E-state index is 12.2. The van der Waals surface area contributed by atoms with Crippen LogP contribution in [0.4, 0.5) is 0 Å². The SMILES string of the molecule is CC[C@H](COC(=O)c1ccc(Br)cc1)c1cc2c(cc1O)CCC2. The first-order valence-electron chi connectivity index (χ1n) is 8.35. The minimum atomic E-state index is -0.332. The summed E-state index contributed by atoms with van der Waals surface area (Å²) >= 11 is 3.35. The van der Waals surface area contributed by atoms with E-state index in [-0.39, 0.29) is 18.5 Å². The van der Waals surface area contributed by atoms with Crippen LogP contribution in [0.2, 0.25) is 0 Å². The van der Waals surface area contributed by atoms with E-state index in [9.17, 15) is 9.90 Å². The van der Waals surface area contributed by atoms with Crippen molar-refractivity contribution >= 4 is 21.9 Å². The lowest BCUT2D eigenvalue weighted by Gasteiger charge is -2.18. The van der Waals surface area contributed by atoms with Crippen molar-refractivity contribution in [1.82, 2.24) is 0 Å². The van der Waals surface area contributed by atoms with E-state index < -0.39 is 0 Å². The molecule has 0 saturated carbocycles. The average molecular weight is 389 g/mol. The van der Waals surface area contributed by atoms with Gasteiger partial charge in [0.05, 0.1) is 12.2 Å². The molecule has 0 aliphatic heterocycles. The number of phenols is 1. The van der Waals surface area contributed by atoms with Gasteiger partial charge < -0.3 is 9.84 Å². The fraction of sp³-hybridized carbons (Fsp3) is 0.350. The van der Waals surface area contributed by atoms with Gasteiger partial charge in [0, 0.05) is 16.0 Å². The fourth-order valence-corrected chi connectivity index (χ4v) is 3.49. The second-order valence-corrected chi connectivity index (χ2v) is 7.16. The van der Waals surface area contributed by atoms with Gasteiger partial charge in [0.1, 0.15) is 5.75 Å². The topological polar surface area (TPSA) is 46.5 Å². The van der Waals surface area contributed by atoms with Crippen LogP contribution in [0.5, 0.6) is 5.75 Å². The van der Waals surface area contributed by atoms with E-state index in [4.69, 9.17) is 4.74 Å². The van der Waals surface area contributed by atoms with E-state index in [1.54, 1.807) is 12.1 Å².